The number of benzene rings is 1. The standard InChI is InChI=1S/C19H16N4O3/c1-18-5-6-19(2,26-18)13-12(18)16(24)23(17(13)25)11-4-3-10(9-20)14-15(11)22-8-7-21-14/h3-4,7-8,12-13H,5-6H2,1-2H3. The Morgan fingerprint density at radius 2 is 1.65 bits per heavy atom. The third kappa shape index (κ3) is 1.65. The van der Waals surface area contributed by atoms with E-state index in [1.165, 1.54) is 17.3 Å². The van der Waals surface area contributed by atoms with E-state index in [4.69, 9.17) is 4.74 Å². The maximum atomic E-state index is 13.2. The Hall–Kier alpha value is -2.85. The lowest BCUT2D eigenvalue weighted by Crippen LogP contribution is -2.40. The SMILES string of the molecule is CC12CCC(C)(O1)C1C(=O)N(c3ccc(C#N)c4nccnc34)C(=O)C12. The predicted molar refractivity (Wildman–Crippen MR) is 90.9 cm³/mol. The number of imide groups is 1. The maximum Gasteiger partial charge on any atom is 0.240 e. The Labute approximate surface area is 149 Å². The summed E-state index contributed by atoms with van der Waals surface area (Å²) in [6, 6.07) is 5.27. The summed E-state index contributed by atoms with van der Waals surface area (Å²) < 4.78 is 6.12. The highest BCUT2D eigenvalue weighted by Crippen LogP contribution is 2.61. The quantitative estimate of drug-likeness (QED) is 0.731. The number of carbonyl (C=O) groups excluding carboxylic acids is 2. The number of ether oxygens (including phenoxy) is 1. The summed E-state index contributed by atoms with van der Waals surface area (Å²) in [7, 11) is 0. The molecule has 1 aromatic heterocycles. The highest BCUT2D eigenvalue weighted by atomic mass is 16.5. The molecule has 2 bridgehead atoms. The van der Waals surface area contributed by atoms with Crippen LogP contribution >= 0.6 is 0 Å². The zero-order valence-electron chi connectivity index (χ0n) is 14.4. The van der Waals surface area contributed by atoms with Gasteiger partial charge in [-0.05, 0) is 38.8 Å². The third-order valence-corrected chi connectivity index (χ3v) is 6.17. The van der Waals surface area contributed by atoms with Crippen molar-refractivity contribution in [1.82, 2.24) is 9.97 Å². The lowest BCUT2D eigenvalue weighted by Gasteiger charge is -2.27. The Bertz CT molecular complexity index is 1010. The van der Waals surface area contributed by atoms with Gasteiger partial charge in [-0.3, -0.25) is 19.6 Å². The van der Waals surface area contributed by atoms with Crippen molar-refractivity contribution in [3.8, 4) is 6.07 Å². The first-order chi connectivity index (χ1) is 12.4. The number of carbonyl (C=O) groups is 2. The van der Waals surface area contributed by atoms with E-state index in [0.717, 1.165) is 12.8 Å². The van der Waals surface area contributed by atoms with Gasteiger partial charge in [-0.2, -0.15) is 5.26 Å². The summed E-state index contributed by atoms with van der Waals surface area (Å²) in [4.78, 5) is 36.2. The van der Waals surface area contributed by atoms with Crippen LogP contribution < -0.4 is 4.90 Å². The summed E-state index contributed by atoms with van der Waals surface area (Å²) in [5.41, 5.74) is 0.324. The molecule has 0 radical (unpaired) electrons. The first-order valence-corrected chi connectivity index (χ1v) is 8.61. The minimum atomic E-state index is -0.602. The topological polar surface area (TPSA) is 96.2 Å². The second kappa shape index (κ2) is 4.65. The van der Waals surface area contributed by atoms with E-state index >= 15 is 0 Å². The number of nitrogens with zero attached hydrogens (tertiary/aromatic N) is 4. The van der Waals surface area contributed by atoms with E-state index in [-0.39, 0.29) is 11.8 Å². The minimum Gasteiger partial charge on any atom is -0.367 e. The monoisotopic (exact) mass is 348 g/mol. The van der Waals surface area contributed by atoms with Gasteiger partial charge in [-0.15, -0.1) is 0 Å². The predicted octanol–water partition coefficient (Wildman–Crippen LogP) is 1.95. The molecule has 26 heavy (non-hydrogen) atoms. The van der Waals surface area contributed by atoms with E-state index in [0.29, 0.717) is 22.3 Å². The molecule has 3 fully saturated rings. The van der Waals surface area contributed by atoms with E-state index in [1.807, 2.05) is 13.8 Å². The number of amides is 2. The molecule has 4 unspecified atom stereocenters. The molecule has 5 rings (SSSR count). The van der Waals surface area contributed by atoms with Crippen molar-refractivity contribution < 1.29 is 14.3 Å². The van der Waals surface area contributed by atoms with Crippen molar-refractivity contribution in [3.63, 3.8) is 0 Å². The van der Waals surface area contributed by atoms with Gasteiger partial charge >= 0.3 is 0 Å². The van der Waals surface area contributed by atoms with Gasteiger partial charge in [-0.25, -0.2) is 4.90 Å². The number of fused-ring (bicyclic) bond motifs is 6. The Morgan fingerprint density at radius 3 is 2.23 bits per heavy atom. The van der Waals surface area contributed by atoms with Gasteiger partial charge in [0.2, 0.25) is 11.8 Å². The summed E-state index contributed by atoms with van der Waals surface area (Å²) in [5.74, 6) is -1.45. The van der Waals surface area contributed by atoms with Gasteiger partial charge in [0.1, 0.15) is 17.1 Å². The van der Waals surface area contributed by atoms with Crippen molar-refractivity contribution in [3.05, 3.63) is 30.1 Å². The zero-order chi connectivity index (χ0) is 18.3. The smallest absolute Gasteiger partial charge is 0.240 e. The van der Waals surface area contributed by atoms with Crippen LogP contribution in [0.25, 0.3) is 11.0 Å². The second-order valence-electron chi connectivity index (χ2n) is 7.69. The molecule has 3 aliphatic rings. The highest BCUT2D eigenvalue weighted by Gasteiger charge is 2.72. The van der Waals surface area contributed by atoms with Gasteiger partial charge in [-0.1, -0.05) is 0 Å². The van der Waals surface area contributed by atoms with Crippen LogP contribution in [0.4, 0.5) is 5.69 Å². The molecule has 4 atom stereocenters. The van der Waals surface area contributed by atoms with Gasteiger partial charge in [0, 0.05) is 12.4 Å². The largest absolute Gasteiger partial charge is 0.367 e. The lowest BCUT2D eigenvalue weighted by atomic mass is 9.69. The van der Waals surface area contributed by atoms with Crippen LogP contribution in [0, 0.1) is 23.2 Å². The molecule has 0 spiro atoms. The molecule has 0 N–H and O–H groups in total. The summed E-state index contributed by atoms with van der Waals surface area (Å²) in [6.45, 7) is 3.85. The first kappa shape index (κ1) is 15.4. The van der Waals surface area contributed by atoms with Crippen molar-refractivity contribution in [2.75, 3.05) is 4.90 Å². The molecule has 2 aromatic rings. The normalized spacial score (nSPS) is 35.2. The molecule has 3 aliphatic heterocycles. The average molecular weight is 348 g/mol. The van der Waals surface area contributed by atoms with Crippen molar-refractivity contribution in [2.45, 2.75) is 37.9 Å². The molecule has 7 heteroatoms. The Kier molecular flexibility index (Phi) is 2.76. The maximum absolute atomic E-state index is 13.2. The minimum absolute atomic E-state index is 0.248. The number of hydrogen-bond donors (Lipinski definition) is 0. The molecule has 2 amide bonds. The molecule has 0 saturated carbocycles. The summed E-state index contributed by atoms with van der Waals surface area (Å²) >= 11 is 0. The average Bonchev–Trinajstić information content (AvgIpc) is 3.18. The molecule has 7 nitrogen and oxygen atoms in total. The van der Waals surface area contributed by atoms with E-state index in [2.05, 4.69) is 16.0 Å². The van der Waals surface area contributed by atoms with E-state index < -0.39 is 23.0 Å². The number of rotatable bonds is 1. The highest BCUT2D eigenvalue weighted by molar-refractivity contribution is 6.25. The van der Waals surface area contributed by atoms with Gasteiger partial charge in [0.15, 0.2) is 0 Å². The van der Waals surface area contributed by atoms with Crippen LogP contribution in [-0.2, 0) is 14.3 Å². The van der Waals surface area contributed by atoms with Crippen LogP contribution in [0.1, 0.15) is 32.3 Å². The van der Waals surface area contributed by atoms with Gasteiger partial charge in [0.25, 0.3) is 0 Å². The third-order valence-electron chi connectivity index (χ3n) is 6.17. The number of anilines is 1. The van der Waals surface area contributed by atoms with Crippen molar-refractivity contribution in [2.24, 2.45) is 11.8 Å². The number of nitriles is 1. The second-order valence-corrected chi connectivity index (χ2v) is 7.69. The fourth-order valence-electron chi connectivity index (χ4n) is 5.02. The molecule has 130 valence electrons. The van der Waals surface area contributed by atoms with Gasteiger partial charge < -0.3 is 4.74 Å². The Balaban J connectivity index is 1.70. The molecule has 4 heterocycles. The van der Waals surface area contributed by atoms with Crippen molar-refractivity contribution in [1.29, 1.82) is 5.26 Å². The van der Waals surface area contributed by atoms with Crippen LogP contribution in [0.3, 0.4) is 0 Å². The van der Waals surface area contributed by atoms with E-state index in [1.54, 1.807) is 12.1 Å². The zero-order valence-corrected chi connectivity index (χ0v) is 14.4. The molecule has 0 aliphatic carbocycles. The van der Waals surface area contributed by atoms with Crippen molar-refractivity contribution >= 4 is 28.5 Å². The Morgan fingerprint density at radius 1 is 1.08 bits per heavy atom. The van der Waals surface area contributed by atoms with E-state index in [9.17, 15) is 14.9 Å². The van der Waals surface area contributed by atoms with Crippen LogP contribution in [-0.4, -0.2) is 33.0 Å². The fraction of sp³-hybridized carbons (Fsp3) is 0.421. The first-order valence-electron chi connectivity index (χ1n) is 8.61. The number of aromatic nitrogens is 2. The number of hydrogen-bond acceptors (Lipinski definition) is 6. The molecular formula is C19H16N4O3. The lowest BCUT2D eigenvalue weighted by molar-refractivity contribution is -0.129. The van der Waals surface area contributed by atoms with Crippen LogP contribution in [0.2, 0.25) is 0 Å². The van der Waals surface area contributed by atoms with Crippen LogP contribution in [0.5, 0.6) is 0 Å². The summed E-state index contributed by atoms with van der Waals surface area (Å²) in [6.07, 6.45) is 4.52. The molecular weight excluding hydrogens is 332 g/mol. The molecule has 1 aromatic carbocycles. The molecule has 3 saturated heterocycles. The summed E-state index contributed by atoms with van der Waals surface area (Å²) in [5, 5.41) is 9.29. The van der Waals surface area contributed by atoms with Gasteiger partial charge in [0.05, 0.1) is 34.3 Å². The van der Waals surface area contributed by atoms with Crippen LogP contribution in [0.15, 0.2) is 24.5 Å². The fourth-order valence-corrected chi connectivity index (χ4v) is 5.02.